The van der Waals surface area contributed by atoms with E-state index in [-0.39, 0.29) is 0 Å². The molecule has 1 aromatic carbocycles. The normalized spacial score (nSPS) is 12.3. The summed E-state index contributed by atoms with van der Waals surface area (Å²) in [6, 6.07) is 8.28. The van der Waals surface area contributed by atoms with Crippen molar-refractivity contribution >= 4 is 12.3 Å². The third-order valence-corrected chi connectivity index (χ3v) is 2.20. The zero-order valence-corrected chi connectivity index (χ0v) is 10.6. The fraction of sp³-hybridized carbons (Fsp3) is 0.357. The minimum absolute atomic E-state index is 0.479. The van der Waals surface area contributed by atoms with Crippen LogP contribution >= 0.6 is 0 Å². The first kappa shape index (κ1) is 13.9. The highest BCUT2D eigenvalue weighted by molar-refractivity contribution is 5.94. The molecule has 0 radical (unpaired) electrons. The number of benzene rings is 1. The maximum atomic E-state index is 11.8. The summed E-state index contributed by atoms with van der Waals surface area (Å²) in [6.45, 7) is 5.22. The molecule has 4 heteroatoms. The first-order valence-electron chi connectivity index (χ1n) is 5.55. The number of carbonyl (C=O) groups is 2. The maximum Gasteiger partial charge on any atom is 0.321 e. The van der Waals surface area contributed by atoms with Gasteiger partial charge < -0.3 is 9.53 Å². The maximum absolute atomic E-state index is 11.8. The van der Waals surface area contributed by atoms with E-state index in [9.17, 15) is 9.59 Å². The number of rotatable bonds is 3. The zero-order chi connectivity index (χ0) is 13.8. The van der Waals surface area contributed by atoms with E-state index in [0.29, 0.717) is 17.4 Å². The van der Waals surface area contributed by atoms with Crippen LogP contribution in [0.15, 0.2) is 24.3 Å². The average Bonchev–Trinajstić information content (AvgIpc) is 2.28. The van der Waals surface area contributed by atoms with Gasteiger partial charge in [-0.2, -0.15) is 5.26 Å². The molecule has 0 heterocycles. The molecule has 0 aliphatic heterocycles. The molecule has 0 saturated heterocycles. The summed E-state index contributed by atoms with van der Waals surface area (Å²) in [7, 11) is 0. The average molecular weight is 245 g/mol. The van der Waals surface area contributed by atoms with Crippen LogP contribution in [0.2, 0.25) is 0 Å². The van der Waals surface area contributed by atoms with Crippen LogP contribution in [0.5, 0.6) is 0 Å². The van der Waals surface area contributed by atoms with Crippen LogP contribution in [0, 0.1) is 11.3 Å². The van der Waals surface area contributed by atoms with Gasteiger partial charge >= 0.3 is 5.97 Å². The smallest absolute Gasteiger partial charge is 0.321 e. The summed E-state index contributed by atoms with van der Waals surface area (Å²) >= 11 is 0. The second kappa shape index (κ2) is 5.46. The van der Waals surface area contributed by atoms with Crippen LogP contribution in [0.25, 0.3) is 0 Å². The lowest BCUT2D eigenvalue weighted by Gasteiger charge is -2.21. The molecule has 94 valence electrons. The van der Waals surface area contributed by atoms with Crippen molar-refractivity contribution in [1.82, 2.24) is 0 Å². The summed E-state index contributed by atoms with van der Waals surface area (Å²) in [5, 5.41) is 8.68. The third-order valence-electron chi connectivity index (χ3n) is 2.20. The summed E-state index contributed by atoms with van der Waals surface area (Å²) in [6.07, 6.45) is 0.551. The predicted octanol–water partition coefficient (Wildman–Crippen LogP) is 2.18. The molecular weight excluding hydrogens is 230 g/mol. The van der Waals surface area contributed by atoms with E-state index in [2.05, 4.69) is 0 Å². The van der Waals surface area contributed by atoms with Crippen molar-refractivity contribution in [3.05, 3.63) is 35.4 Å². The molecule has 0 fully saturated rings. The van der Waals surface area contributed by atoms with Gasteiger partial charge in [-0.3, -0.25) is 4.79 Å². The summed E-state index contributed by atoms with van der Waals surface area (Å²) in [4.78, 5) is 22.8. The van der Waals surface area contributed by atoms with E-state index >= 15 is 0 Å². The topological polar surface area (TPSA) is 67.2 Å². The van der Waals surface area contributed by atoms with E-state index < -0.39 is 17.5 Å². The zero-order valence-electron chi connectivity index (χ0n) is 10.6. The van der Waals surface area contributed by atoms with E-state index in [1.807, 2.05) is 6.07 Å². The summed E-state index contributed by atoms with van der Waals surface area (Å²) in [5.74, 6) is -1.53. The van der Waals surface area contributed by atoms with Gasteiger partial charge in [-0.1, -0.05) is 12.1 Å². The minimum atomic E-state index is -0.947. The second-order valence-corrected chi connectivity index (χ2v) is 4.88. The quantitative estimate of drug-likeness (QED) is 0.465. The van der Waals surface area contributed by atoms with Crippen LogP contribution in [0.1, 0.15) is 37.8 Å². The Labute approximate surface area is 106 Å². The van der Waals surface area contributed by atoms with E-state index in [1.54, 1.807) is 45.0 Å². The number of aldehydes is 1. The highest BCUT2D eigenvalue weighted by atomic mass is 16.6. The second-order valence-electron chi connectivity index (χ2n) is 4.88. The van der Waals surface area contributed by atoms with Gasteiger partial charge in [0.1, 0.15) is 17.8 Å². The van der Waals surface area contributed by atoms with Gasteiger partial charge in [-0.25, -0.2) is 0 Å². The largest absolute Gasteiger partial charge is 0.459 e. The molecule has 0 N–H and O–H groups in total. The van der Waals surface area contributed by atoms with Crippen LogP contribution in [-0.2, 0) is 14.3 Å². The Morgan fingerprint density at radius 3 is 2.28 bits per heavy atom. The lowest BCUT2D eigenvalue weighted by molar-refractivity contribution is -0.157. The number of hydrogen-bond acceptors (Lipinski definition) is 4. The monoisotopic (exact) mass is 245 g/mol. The first-order valence-corrected chi connectivity index (χ1v) is 5.55. The lowest BCUT2D eigenvalue weighted by Crippen LogP contribution is -2.28. The highest BCUT2D eigenvalue weighted by Crippen LogP contribution is 2.19. The van der Waals surface area contributed by atoms with Crippen LogP contribution in [-0.4, -0.2) is 17.9 Å². The molecule has 0 aliphatic carbocycles. The molecular formula is C14H15NO3. The molecule has 0 saturated carbocycles. The van der Waals surface area contributed by atoms with Gasteiger partial charge in [0.05, 0.1) is 11.6 Å². The Kier molecular flexibility index (Phi) is 4.22. The molecule has 0 aromatic heterocycles. The molecule has 0 amide bonds. The van der Waals surface area contributed by atoms with Crippen LogP contribution in [0.3, 0.4) is 0 Å². The van der Waals surface area contributed by atoms with Crippen LogP contribution < -0.4 is 0 Å². The Morgan fingerprint density at radius 1 is 1.33 bits per heavy atom. The van der Waals surface area contributed by atoms with E-state index in [4.69, 9.17) is 10.00 Å². The van der Waals surface area contributed by atoms with Gasteiger partial charge in [0, 0.05) is 0 Å². The SMILES string of the molecule is CC(C)(C)OC(=O)C(C=O)c1ccc(C#N)cc1. The van der Waals surface area contributed by atoms with Gasteiger partial charge in [0.25, 0.3) is 0 Å². The van der Waals surface area contributed by atoms with Crippen molar-refractivity contribution in [2.45, 2.75) is 32.3 Å². The van der Waals surface area contributed by atoms with Gasteiger partial charge in [-0.15, -0.1) is 0 Å². The van der Waals surface area contributed by atoms with Crippen molar-refractivity contribution in [3.63, 3.8) is 0 Å². The van der Waals surface area contributed by atoms with E-state index in [1.165, 1.54) is 0 Å². The molecule has 1 atom stereocenters. The fourth-order valence-electron chi connectivity index (χ4n) is 1.40. The molecule has 18 heavy (non-hydrogen) atoms. The summed E-state index contributed by atoms with van der Waals surface area (Å²) in [5.41, 5.74) is 0.371. The molecule has 1 aromatic rings. The Morgan fingerprint density at radius 2 is 1.89 bits per heavy atom. The lowest BCUT2D eigenvalue weighted by atomic mass is 9.99. The van der Waals surface area contributed by atoms with Crippen molar-refractivity contribution in [3.8, 4) is 6.07 Å². The number of nitrogens with zero attached hydrogens (tertiary/aromatic N) is 1. The van der Waals surface area contributed by atoms with Crippen molar-refractivity contribution in [2.75, 3.05) is 0 Å². The number of carbonyl (C=O) groups excluding carboxylic acids is 2. The van der Waals surface area contributed by atoms with Crippen molar-refractivity contribution in [1.29, 1.82) is 5.26 Å². The molecule has 1 rings (SSSR count). The van der Waals surface area contributed by atoms with Crippen molar-refractivity contribution in [2.24, 2.45) is 0 Å². The molecule has 0 spiro atoms. The van der Waals surface area contributed by atoms with E-state index in [0.717, 1.165) is 0 Å². The van der Waals surface area contributed by atoms with Crippen LogP contribution in [0.4, 0.5) is 0 Å². The number of hydrogen-bond donors (Lipinski definition) is 0. The Hall–Kier alpha value is -2.15. The van der Waals surface area contributed by atoms with Crippen molar-refractivity contribution < 1.29 is 14.3 Å². The third kappa shape index (κ3) is 3.70. The molecule has 1 unspecified atom stereocenters. The Bertz CT molecular complexity index is 477. The molecule has 0 bridgehead atoms. The van der Waals surface area contributed by atoms with Gasteiger partial charge in [0.2, 0.25) is 0 Å². The number of nitriles is 1. The fourth-order valence-corrected chi connectivity index (χ4v) is 1.40. The van der Waals surface area contributed by atoms with Gasteiger partial charge in [0.15, 0.2) is 0 Å². The van der Waals surface area contributed by atoms with Gasteiger partial charge in [-0.05, 0) is 38.5 Å². The molecule has 4 nitrogen and oxygen atoms in total. The Balaban J connectivity index is 2.92. The minimum Gasteiger partial charge on any atom is -0.459 e. The number of ether oxygens (including phenoxy) is 1. The first-order chi connectivity index (χ1) is 8.37. The predicted molar refractivity (Wildman–Crippen MR) is 65.8 cm³/mol. The standard InChI is InChI=1S/C14H15NO3/c1-14(2,3)18-13(17)12(9-16)11-6-4-10(8-15)5-7-11/h4-7,9,12H,1-3H3. The highest BCUT2D eigenvalue weighted by Gasteiger charge is 2.26. The summed E-state index contributed by atoms with van der Waals surface area (Å²) < 4.78 is 5.17. The number of esters is 1. The molecule has 0 aliphatic rings.